The summed E-state index contributed by atoms with van der Waals surface area (Å²) in [7, 11) is 0. The van der Waals surface area contributed by atoms with Crippen LogP contribution in [0, 0.1) is 11.6 Å². The Hall–Kier alpha value is -1.82. The molecule has 102 valence electrons. The van der Waals surface area contributed by atoms with Crippen LogP contribution in [0.15, 0.2) is 47.8 Å². The molecular weight excluding hydrogens is 278 g/mol. The molecule has 1 unspecified atom stereocenters. The molecule has 3 N–H and O–H groups in total. The molecule has 1 heterocycles. The molecule has 0 amide bonds. The molecule has 0 aliphatic rings. The Labute approximate surface area is 118 Å². The second-order valence-corrected chi connectivity index (χ2v) is 5.34. The summed E-state index contributed by atoms with van der Waals surface area (Å²) in [5.74, 6) is 4.34. The molecule has 0 saturated heterocycles. The van der Waals surface area contributed by atoms with E-state index in [1.165, 1.54) is 29.5 Å². The lowest BCUT2D eigenvalue weighted by atomic mass is 9.97. The molecule has 20 heavy (non-hydrogen) atoms. The largest absolute Gasteiger partial charge is 0.271 e. The Morgan fingerprint density at radius 1 is 1.00 bits per heavy atom. The molecule has 3 aromatic rings. The molecule has 0 spiro atoms. The number of halogens is 2. The van der Waals surface area contributed by atoms with Crippen LogP contribution in [0.1, 0.15) is 17.2 Å². The third kappa shape index (κ3) is 2.10. The molecule has 3 rings (SSSR count). The molecule has 0 fully saturated rings. The average molecular weight is 290 g/mol. The highest BCUT2D eigenvalue weighted by Crippen LogP contribution is 2.33. The van der Waals surface area contributed by atoms with E-state index in [0.717, 1.165) is 15.6 Å². The van der Waals surface area contributed by atoms with Gasteiger partial charge in [0.2, 0.25) is 0 Å². The van der Waals surface area contributed by atoms with Crippen molar-refractivity contribution < 1.29 is 8.78 Å². The van der Waals surface area contributed by atoms with Crippen molar-refractivity contribution in [1.82, 2.24) is 5.43 Å². The monoisotopic (exact) mass is 290 g/mol. The van der Waals surface area contributed by atoms with E-state index in [0.29, 0.717) is 0 Å². The lowest BCUT2D eigenvalue weighted by Crippen LogP contribution is -2.30. The van der Waals surface area contributed by atoms with Gasteiger partial charge in [-0.1, -0.05) is 24.3 Å². The highest BCUT2D eigenvalue weighted by Gasteiger charge is 2.22. The number of hydrazine groups is 1. The van der Waals surface area contributed by atoms with Crippen molar-refractivity contribution in [3.63, 3.8) is 0 Å². The van der Waals surface area contributed by atoms with Crippen LogP contribution in [-0.2, 0) is 0 Å². The van der Waals surface area contributed by atoms with Crippen LogP contribution in [0.25, 0.3) is 10.1 Å². The smallest absolute Gasteiger partial charge is 0.131 e. The van der Waals surface area contributed by atoms with Crippen LogP contribution in [-0.4, -0.2) is 0 Å². The lowest BCUT2D eigenvalue weighted by Gasteiger charge is -2.19. The highest BCUT2D eigenvalue weighted by atomic mass is 32.1. The first-order valence-corrected chi connectivity index (χ1v) is 6.96. The van der Waals surface area contributed by atoms with Gasteiger partial charge in [-0.3, -0.25) is 5.84 Å². The average Bonchev–Trinajstić information content (AvgIpc) is 2.91. The minimum absolute atomic E-state index is 0.0594. The molecule has 0 saturated carbocycles. The van der Waals surface area contributed by atoms with E-state index < -0.39 is 17.7 Å². The maximum absolute atomic E-state index is 14.0. The van der Waals surface area contributed by atoms with Crippen molar-refractivity contribution in [3.05, 3.63) is 70.6 Å². The first-order valence-electron chi connectivity index (χ1n) is 6.08. The summed E-state index contributed by atoms with van der Waals surface area (Å²) in [6.07, 6.45) is 0. The number of hydrogen-bond donors (Lipinski definition) is 2. The van der Waals surface area contributed by atoms with Gasteiger partial charge in [-0.2, -0.15) is 0 Å². The predicted molar refractivity (Wildman–Crippen MR) is 77.3 cm³/mol. The number of nitrogens with one attached hydrogen (secondary N) is 1. The number of rotatable bonds is 3. The fourth-order valence-electron chi connectivity index (χ4n) is 2.36. The van der Waals surface area contributed by atoms with E-state index >= 15 is 0 Å². The van der Waals surface area contributed by atoms with Crippen LogP contribution in [0.3, 0.4) is 0 Å². The van der Waals surface area contributed by atoms with Crippen molar-refractivity contribution in [1.29, 1.82) is 0 Å². The molecule has 0 radical (unpaired) electrons. The Bertz CT molecular complexity index is 734. The summed E-state index contributed by atoms with van der Waals surface area (Å²) in [6.45, 7) is 0. The molecule has 2 aromatic carbocycles. The maximum Gasteiger partial charge on any atom is 0.131 e. The van der Waals surface area contributed by atoms with Gasteiger partial charge >= 0.3 is 0 Å². The number of benzene rings is 2. The highest BCUT2D eigenvalue weighted by molar-refractivity contribution is 7.17. The SMILES string of the molecule is NNC(c1c(F)cccc1F)c1cccc2ccsc12. The molecule has 0 bridgehead atoms. The van der Waals surface area contributed by atoms with Gasteiger partial charge < -0.3 is 0 Å². The summed E-state index contributed by atoms with van der Waals surface area (Å²) in [6, 6.07) is 10.7. The van der Waals surface area contributed by atoms with Gasteiger partial charge in [0.05, 0.1) is 6.04 Å². The van der Waals surface area contributed by atoms with Crippen molar-refractivity contribution in [2.75, 3.05) is 0 Å². The topological polar surface area (TPSA) is 38.0 Å². The first-order chi connectivity index (χ1) is 9.72. The fourth-order valence-corrected chi connectivity index (χ4v) is 3.30. The zero-order valence-corrected chi connectivity index (χ0v) is 11.3. The second kappa shape index (κ2) is 5.28. The summed E-state index contributed by atoms with van der Waals surface area (Å²) < 4.78 is 28.9. The minimum atomic E-state index is -0.724. The van der Waals surface area contributed by atoms with E-state index in [9.17, 15) is 8.78 Å². The Kier molecular flexibility index (Phi) is 3.48. The Morgan fingerprint density at radius 3 is 2.40 bits per heavy atom. The molecular formula is C15H12F2N2S. The first kappa shape index (κ1) is 13.2. The summed E-state index contributed by atoms with van der Waals surface area (Å²) >= 11 is 1.52. The van der Waals surface area contributed by atoms with E-state index in [4.69, 9.17) is 5.84 Å². The van der Waals surface area contributed by atoms with Gasteiger partial charge in [0, 0.05) is 10.3 Å². The van der Waals surface area contributed by atoms with E-state index in [1.54, 1.807) is 0 Å². The molecule has 0 aliphatic carbocycles. The normalized spacial score (nSPS) is 12.8. The molecule has 1 aromatic heterocycles. The molecule has 2 nitrogen and oxygen atoms in total. The van der Waals surface area contributed by atoms with Gasteiger partial charge in [0.15, 0.2) is 0 Å². The van der Waals surface area contributed by atoms with Gasteiger partial charge in [-0.05, 0) is 34.5 Å². The number of nitrogens with two attached hydrogens (primary N) is 1. The minimum Gasteiger partial charge on any atom is -0.271 e. The van der Waals surface area contributed by atoms with Gasteiger partial charge in [-0.25, -0.2) is 14.2 Å². The standard InChI is InChI=1S/C15H12F2N2S/c16-11-5-2-6-12(17)13(11)14(19-18)10-4-1-3-9-7-8-20-15(9)10/h1-8,14,19H,18H2. The van der Waals surface area contributed by atoms with Crippen LogP contribution < -0.4 is 11.3 Å². The van der Waals surface area contributed by atoms with E-state index in [1.807, 2.05) is 29.6 Å². The van der Waals surface area contributed by atoms with Crippen molar-refractivity contribution in [2.45, 2.75) is 6.04 Å². The molecule has 0 aliphatic heterocycles. The maximum atomic E-state index is 14.0. The van der Waals surface area contributed by atoms with E-state index in [-0.39, 0.29) is 5.56 Å². The molecule has 5 heteroatoms. The summed E-state index contributed by atoms with van der Waals surface area (Å²) in [5.41, 5.74) is 3.23. The van der Waals surface area contributed by atoms with Crippen LogP contribution in [0.5, 0.6) is 0 Å². The van der Waals surface area contributed by atoms with Crippen molar-refractivity contribution in [2.24, 2.45) is 5.84 Å². The zero-order chi connectivity index (χ0) is 14.1. The third-order valence-electron chi connectivity index (χ3n) is 3.28. The van der Waals surface area contributed by atoms with Gasteiger partial charge in [0.1, 0.15) is 11.6 Å². The summed E-state index contributed by atoms with van der Waals surface area (Å²) in [4.78, 5) is 0. The number of fused-ring (bicyclic) bond motifs is 1. The predicted octanol–water partition coefficient (Wildman–Crippen LogP) is 3.73. The lowest BCUT2D eigenvalue weighted by molar-refractivity contribution is 0.512. The van der Waals surface area contributed by atoms with Gasteiger partial charge in [0.25, 0.3) is 0 Å². The molecule has 1 atom stereocenters. The van der Waals surface area contributed by atoms with E-state index in [2.05, 4.69) is 5.43 Å². The fraction of sp³-hybridized carbons (Fsp3) is 0.0667. The Morgan fingerprint density at radius 2 is 1.70 bits per heavy atom. The zero-order valence-electron chi connectivity index (χ0n) is 10.4. The van der Waals surface area contributed by atoms with Crippen molar-refractivity contribution in [3.8, 4) is 0 Å². The Balaban J connectivity index is 2.22. The second-order valence-electron chi connectivity index (χ2n) is 4.42. The number of hydrogen-bond acceptors (Lipinski definition) is 3. The van der Waals surface area contributed by atoms with Crippen LogP contribution >= 0.6 is 11.3 Å². The number of thiophene rings is 1. The van der Waals surface area contributed by atoms with Gasteiger partial charge in [-0.15, -0.1) is 11.3 Å². The quantitative estimate of drug-likeness (QED) is 0.570. The third-order valence-corrected chi connectivity index (χ3v) is 4.25. The van der Waals surface area contributed by atoms with Crippen LogP contribution in [0.2, 0.25) is 0 Å². The van der Waals surface area contributed by atoms with Crippen LogP contribution in [0.4, 0.5) is 8.78 Å². The summed E-state index contributed by atoms with van der Waals surface area (Å²) in [5, 5.41) is 2.98. The van der Waals surface area contributed by atoms with Crippen molar-refractivity contribution >= 4 is 21.4 Å².